The summed E-state index contributed by atoms with van der Waals surface area (Å²) < 4.78 is 12.9. The maximum absolute atomic E-state index is 12.9. The molecule has 0 spiro atoms. The van der Waals surface area contributed by atoms with Crippen LogP contribution >= 0.6 is 11.6 Å². The molecule has 0 radical (unpaired) electrons. The van der Waals surface area contributed by atoms with E-state index < -0.39 is 23.2 Å². The molecule has 0 aliphatic rings. The van der Waals surface area contributed by atoms with Crippen LogP contribution in [0, 0.1) is 5.82 Å². The molecule has 0 bridgehead atoms. The Morgan fingerprint density at radius 2 is 2.05 bits per heavy atom. The molecule has 0 fully saturated rings. The number of nitrogens with one attached hydrogen (secondary N) is 1. The maximum atomic E-state index is 12.9. The van der Waals surface area contributed by atoms with Crippen molar-refractivity contribution in [1.82, 2.24) is 5.32 Å². The van der Waals surface area contributed by atoms with Gasteiger partial charge in [-0.1, -0.05) is 17.7 Å². The Kier molecular flexibility index (Phi) is 4.67. The molecule has 1 aromatic rings. The van der Waals surface area contributed by atoms with Gasteiger partial charge in [0.2, 0.25) is 5.91 Å². The van der Waals surface area contributed by atoms with Crippen molar-refractivity contribution >= 4 is 29.6 Å². The molecule has 6 heteroatoms. The van der Waals surface area contributed by atoms with Gasteiger partial charge in [-0.25, -0.2) is 9.18 Å². The Hall–Kier alpha value is -1.88. The van der Waals surface area contributed by atoms with Crippen molar-refractivity contribution in [1.29, 1.82) is 0 Å². The highest BCUT2D eigenvalue weighted by atomic mass is 35.5. The van der Waals surface area contributed by atoms with Gasteiger partial charge in [0.1, 0.15) is 11.4 Å². The van der Waals surface area contributed by atoms with Crippen molar-refractivity contribution in [2.24, 2.45) is 0 Å². The van der Waals surface area contributed by atoms with E-state index in [2.05, 4.69) is 5.32 Å². The smallest absolute Gasteiger partial charge is 0.328 e. The summed E-state index contributed by atoms with van der Waals surface area (Å²) in [6.07, 6.45) is 2.58. The number of hydrogen-bond donors (Lipinski definition) is 2. The summed E-state index contributed by atoms with van der Waals surface area (Å²) in [5, 5.41) is 11.1. The minimum absolute atomic E-state index is 0.0478. The normalized spacial score (nSPS) is 11.6. The van der Waals surface area contributed by atoms with E-state index in [0.717, 1.165) is 6.08 Å². The van der Waals surface area contributed by atoms with Crippen LogP contribution in [0.2, 0.25) is 5.02 Å². The van der Waals surface area contributed by atoms with Gasteiger partial charge in [-0.2, -0.15) is 0 Å². The highest BCUT2D eigenvalue weighted by Crippen LogP contribution is 2.16. The molecule has 1 amide bonds. The number of carboxylic acids is 1. The van der Waals surface area contributed by atoms with Crippen molar-refractivity contribution in [3.63, 3.8) is 0 Å². The molecule has 0 saturated heterocycles. The predicted octanol–water partition coefficient (Wildman–Crippen LogP) is 2.47. The van der Waals surface area contributed by atoms with Gasteiger partial charge in [-0.05, 0) is 37.6 Å². The van der Waals surface area contributed by atoms with Gasteiger partial charge in [0.15, 0.2) is 0 Å². The van der Waals surface area contributed by atoms with E-state index >= 15 is 0 Å². The summed E-state index contributed by atoms with van der Waals surface area (Å²) in [5.74, 6) is -2.25. The summed E-state index contributed by atoms with van der Waals surface area (Å²) in [5.41, 5.74) is -0.823. The van der Waals surface area contributed by atoms with Crippen LogP contribution in [0.25, 0.3) is 6.08 Å². The number of amides is 1. The van der Waals surface area contributed by atoms with E-state index in [1.807, 2.05) is 0 Å². The topological polar surface area (TPSA) is 66.4 Å². The van der Waals surface area contributed by atoms with Crippen molar-refractivity contribution in [2.75, 3.05) is 0 Å². The highest BCUT2D eigenvalue weighted by molar-refractivity contribution is 6.30. The third kappa shape index (κ3) is 4.37. The molecule has 2 N–H and O–H groups in total. The average molecular weight is 286 g/mol. The predicted molar refractivity (Wildman–Crippen MR) is 70.3 cm³/mol. The van der Waals surface area contributed by atoms with E-state index in [-0.39, 0.29) is 5.02 Å². The van der Waals surface area contributed by atoms with Gasteiger partial charge in [0.25, 0.3) is 0 Å². The summed E-state index contributed by atoms with van der Waals surface area (Å²) in [6.45, 7) is 2.74. The first-order valence-electron chi connectivity index (χ1n) is 5.41. The molecular formula is C13H13ClFNO3. The second-order valence-electron chi connectivity index (χ2n) is 4.43. The molecule has 1 rings (SSSR count). The molecule has 4 nitrogen and oxygen atoms in total. The minimum atomic E-state index is -1.36. The lowest BCUT2D eigenvalue weighted by atomic mass is 10.1. The lowest BCUT2D eigenvalue weighted by Crippen LogP contribution is -2.49. The number of benzene rings is 1. The van der Waals surface area contributed by atoms with Crippen molar-refractivity contribution in [2.45, 2.75) is 19.4 Å². The van der Waals surface area contributed by atoms with E-state index in [4.69, 9.17) is 16.7 Å². The monoisotopic (exact) mass is 285 g/mol. The molecule has 0 saturated carbocycles. The van der Waals surface area contributed by atoms with Gasteiger partial charge in [-0.15, -0.1) is 0 Å². The van der Waals surface area contributed by atoms with E-state index in [9.17, 15) is 14.0 Å². The number of aliphatic carboxylic acids is 1. The summed E-state index contributed by atoms with van der Waals surface area (Å²) in [4.78, 5) is 22.3. The molecule has 0 aliphatic carbocycles. The standard InChI is InChI=1S/C13H13ClFNO3/c1-13(2,12(18)19)16-11(17)6-4-8-3-5-10(15)9(14)7-8/h3-7H,1-2H3,(H,16,17)(H,18,19). The summed E-state index contributed by atoms with van der Waals surface area (Å²) in [6, 6.07) is 4.00. The lowest BCUT2D eigenvalue weighted by molar-refractivity contribution is -0.145. The van der Waals surface area contributed by atoms with E-state index in [0.29, 0.717) is 5.56 Å². The summed E-state index contributed by atoms with van der Waals surface area (Å²) in [7, 11) is 0. The Morgan fingerprint density at radius 3 is 2.58 bits per heavy atom. The quantitative estimate of drug-likeness (QED) is 0.835. The largest absolute Gasteiger partial charge is 0.480 e. The fourth-order valence-electron chi connectivity index (χ4n) is 1.19. The van der Waals surface area contributed by atoms with Crippen LogP contribution in [0.5, 0.6) is 0 Å². The maximum Gasteiger partial charge on any atom is 0.328 e. The molecular weight excluding hydrogens is 273 g/mol. The number of carboxylic acid groups (broad SMARTS) is 1. The second-order valence-corrected chi connectivity index (χ2v) is 4.83. The van der Waals surface area contributed by atoms with Gasteiger partial charge < -0.3 is 10.4 Å². The Bertz CT molecular complexity index is 541. The summed E-state index contributed by atoms with van der Waals surface area (Å²) >= 11 is 5.59. The van der Waals surface area contributed by atoms with Crippen molar-refractivity contribution < 1.29 is 19.1 Å². The first-order chi connectivity index (χ1) is 8.72. The van der Waals surface area contributed by atoms with Crippen molar-refractivity contribution in [3.05, 3.63) is 40.7 Å². The number of halogens is 2. The van der Waals surface area contributed by atoms with Crippen LogP contribution in [0.4, 0.5) is 4.39 Å². The third-order valence-electron chi connectivity index (χ3n) is 2.34. The van der Waals surface area contributed by atoms with Crippen LogP contribution in [0.15, 0.2) is 24.3 Å². The number of rotatable bonds is 4. The second kappa shape index (κ2) is 5.84. The number of carbonyl (C=O) groups is 2. The average Bonchev–Trinajstić information content (AvgIpc) is 2.30. The van der Waals surface area contributed by atoms with Gasteiger partial charge in [-0.3, -0.25) is 4.79 Å². The van der Waals surface area contributed by atoms with Crippen LogP contribution < -0.4 is 5.32 Å². The van der Waals surface area contributed by atoms with Gasteiger partial charge in [0.05, 0.1) is 5.02 Å². The van der Waals surface area contributed by atoms with Crippen molar-refractivity contribution in [3.8, 4) is 0 Å². The van der Waals surface area contributed by atoms with E-state index in [1.165, 1.54) is 38.1 Å². The minimum Gasteiger partial charge on any atom is -0.480 e. The van der Waals surface area contributed by atoms with Crippen LogP contribution in [-0.4, -0.2) is 22.5 Å². The fourth-order valence-corrected chi connectivity index (χ4v) is 1.38. The third-order valence-corrected chi connectivity index (χ3v) is 2.63. The molecule has 0 aliphatic heterocycles. The first-order valence-corrected chi connectivity index (χ1v) is 5.79. The molecule has 0 atom stereocenters. The zero-order chi connectivity index (χ0) is 14.6. The molecule has 0 heterocycles. The van der Waals surface area contributed by atoms with Crippen LogP contribution in [-0.2, 0) is 9.59 Å². The SMILES string of the molecule is CC(C)(NC(=O)C=Cc1ccc(F)c(Cl)c1)C(=O)O. The zero-order valence-corrected chi connectivity index (χ0v) is 11.2. The van der Waals surface area contributed by atoms with Crippen LogP contribution in [0.3, 0.4) is 0 Å². The van der Waals surface area contributed by atoms with Crippen LogP contribution in [0.1, 0.15) is 19.4 Å². The molecule has 0 aromatic heterocycles. The Labute approximate surface area is 114 Å². The Balaban J connectivity index is 2.74. The molecule has 0 unspecified atom stereocenters. The first kappa shape index (κ1) is 15.2. The fraction of sp³-hybridized carbons (Fsp3) is 0.231. The molecule has 19 heavy (non-hydrogen) atoms. The lowest BCUT2D eigenvalue weighted by Gasteiger charge is -2.19. The van der Waals surface area contributed by atoms with E-state index in [1.54, 1.807) is 0 Å². The molecule has 102 valence electrons. The molecule has 1 aromatic carbocycles. The highest BCUT2D eigenvalue weighted by Gasteiger charge is 2.27. The van der Waals surface area contributed by atoms with Gasteiger partial charge >= 0.3 is 5.97 Å². The number of hydrogen-bond acceptors (Lipinski definition) is 2. The zero-order valence-electron chi connectivity index (χ0n) is 10.4. The number of carbonyl (C=O) groups excluding carboxylic acids is 1. The van der Waals surface area contributed by atoms with Gasteiger partial charge in [0, 0.05) is 6.08 Å². The Morgan fingerprint density at radius 1 is 1.42 bits per heavy atom.